The van der Waals surface area contributed by atoms with Gasteiger partial charge >= 0.3 is 0 Å². The number of para-hydroxylation sites is 1. The molecule has 1 amide bonds. The molecule has 1 aromatic heterocycles. The number of hydrogen-bond donors (Lipinski definition) is 1. The summed E-state index contributed by atoms with van der Waals surface area (Å²) in [6.45, 7) is 6.09. The fourth-order valence-corrected chi connectivity index (χ4v) is 4.56. The molecule has 4 aromatic rings. The second-order valence-electron chi connectivity index (χ2n) is 8.13. The molecule has 0 spiro atoms. The molecule has 38 heavy (non-hydrogen) atoms. The lowest BCUT2D eigenvalue weighted by atomic mass is 10.2. The van der Waals surface area contributed by atoms with E-state index in [0.29, 0.717) is 16.5 Å². The van der Waals surface area contributed by atoms with E-state index < -0.39 is 4.92 Å². The first-order valence-electron chi connectivity index (χ1n) is 12.1. The molecule has 194 valence electrons. The Bertz CT molecular complexity index is 1420. The van der Waals surface area contributed by atoms with Crippen LogP contribution >= 0.6 is 11.8 Å². The SMILES string of the molecule is CCN(CC)c1ccc(/C=N/NC(=O)CSc2nnc(-c3cccc([N+](=O)[O-])c3)n2-c2ccccc2)cc1. The minimum Gasteiger partial charge on any atom is -0.372 e. The molecule has 0 radical (unpaired) electrons. The molecular weight excluding hydrogens is 502 g/mol. The van der Waals surface area contributed by atoms with Crippen molar-refractivity contribution in [1.29, 1.82) is 0 Å². The van der Waals surface area contributed by atoms with Crippen molar-refractivity contribution in [2.24, 2.45) is 5.10 Å². The van der Waals surface area contributed by atoms with E-state index in [1.54, 1.807) is 22.9 Å². The van der Waals surface area contributed by atoms with Gasteiger partial charge in [-0.2, -0.15) is 5.10 Å². The van der Waals surface area contributed by atoms with E-state index >= 15 is 0 Å². The van der Waals surface area contributed by atoms with Crippen molar-refractivity contribution in [3.63, 3.8) is 0 Å². The highest BCUT2D eigenvalue weighted by atomic mass is 32.2. The number of amides is 1. The first-order chi connectivity index (χ1) is 18.5. The van der Waals surface area contributed by atoms with Gasteiger partial charge in [0.15, 0.2) is 11.0 Å². The molecule has 0 bridgehead atoms. The van der Waals surface area contributed by atoms with E-state index in [9.17, 15) is 14.9 Å². The summed E-state index contributed by atoms with van der Waals surface area (Å²) in [6, 6.07) is 23.6. The van der Waals surface area contributed by atoms with E-state index in [1.807, 2.05) is 54.6 Å². The first kappa shape index (κ1) is 26.6. The lowest BCUT2D eigenvalue weighted by Gasteiger charge is -2.20. The number of benzene rings is 3. The van der Waals surface area contributed by atoms with Crippen LogP contribution < -0.4 is 10.3 Å². The van der Waals surface area contributed by atoms with Crippen LogP contribution in [0, 0.1) is 10.1 Å². The van der Waals surface area contributed by atoms with Gasteiger partial charge in [-0.15, -0.1) is 10.2 Å². The molecular formula is C27H27N7O3S. The van der Waals surface area contributed by atoms with Gasteiger partial charge in [-0.3, -0.25) is 19.5 Å². The number of nitro groups is 1. The van der Waals surface area contributed by atoms with Crippen LogP contribution in [0.5, 0.6) is 0 Å². The smallest absolute Gasteiger partial charge is 0.270 e. The maximum absolute atomic E-state index is 12.5. The van der Waals surface area contributed by atoms with Crippen molar-refractivity contribution in [1.82, 2.24) is 20.2 Å². The Hall–Kier alpha value is -4.51. The van der Waals surface area contributed by atoms with E-state index in [0.717, 1.165) is 30.0 Å². The van der Waals surface area contributed by atoms with E-state index in [2.05, 4.69) is 39.5 Å². The molecule has 1 N–H and O–H groups in total. The van der Waals surface area contributed by atoms with Crippen LogP contribution in [0.3, 0.4) is 0 Å². The van der Waals surface area contributed by atoms with Crippen LogP contribution in [-0.2, 0) is 4.79 Å². The zero-order chi connectivity index (χ0) is 26.9. The summed E-state index contributed by atoms with van der Waals surface area (Å²) in [5.74, 6) is 0.192. The lowest BCUT2D eigenvalue weighted by Crippen LogP contribution is -2.21. The fraction of sp³-hybridized carbons (Fsp3) is 0.185. The zero-order valence-corrected chi connectivity index (χ0v) is 21.8. The number of nitrogens with one attached hydrogen (secondary N) is 1. The molecule has 1 heterocycles. The van der Waals surface area contributed by atoms with Gasteiger partial charge in [-0.1, -0.05) is 54.2 Å². The number of non-ortho nitro benzene ring substituents is 1. The van der Waals surface area contributed by atoms with Crippen molar-refractivity contribution in [3.05, 3.63) is 94.5 Å². The second-order valence-corrected chi connectivity index (χ2v) is 9.07. The summed E-state index contributed by atoms with van der Waals surface area (Å²) >= 11 is 1.20. The maximum Gasteiger partial charge on any atom is 0.270 e. The largest absolute Gasteiger partial charge is 0.372 e. The van der Waals surface area contributed by atoms with Crippen molar-refractivity contribution < 1.29 is 9.72 Å². The lowest BCUT2D eigenvalue weighted by molar-refractivity contribution is -0.384. The number of aromatic nitrogens is 3. The normalized spacial score (nSPS) is 11.0. The predicted molar refractivity (Wildman–Crippen MR) is 150 cm³/mol. The van der Waals surface area contributed by atoms with Gasteiger partial charge < -0.3 is 4.90 Å². The maximum atomic E-state index is 12.5. The van der Waals surface area contributed by atoms with Crippen molar-refractivity contribution in [3.8, 4) is 17.1 Å². The van der Waals surface area contributed by atoms with Gasteiger partial charge in [0.1, 0.15) is 0 Å². The number of carbonyl (C=O) groups is 1. The molecule has 0 saturated heterocycles. The first-order valence-corrected chi connectivity index (χ1v) is 13.0. The number of nitrogens with zero attached hydrogens (tertiary/aromatic N) is 6. The van der Waals surface area contributed by atoms with Crippen molar-refractivity contribution in [2.75, 3.05) is 23.7 Å². The molecule has 0 aliphatic rings. The summed E-state index contributed by atoms with van der Waals surface area (Å²) < 4.78 is 1.78. The van der Waals surface area contributed by atoms with Crippen LogP contribution in [-0.4, -0.2) is 50.7 Å². The number of thioether (sulfide) groups is 1. The summed E-state index contributed by atoms with van der Waals surface area (Å²) in [6.07, 6.45) is 1.60. The Labute approximate surface area is 224 Å². The van der Waals surface area contributed by atoms with Crippen LogP contribution in [0.2, 0.25) is 0 Å². The standard InChI is InChI=1S/C27H27N7O3S/c1-3-32(4-2)22-15-13-20(14-16-22)18-28-29-25(35)19-38-27-31-30-26(33(27)23-10-6-5-7-11-23)21-9-8-12-24(17-21)34(36)37/h5-18H,3-4,19H2,1-2H3,(H,29,35)/b28-18+. The van der Waals surface area contributed by atoms with Crippen LogP contribution in [0.4, 0.5) is 11.4 Å². The van der Waals surface area contributed by atoms with Gasteiger partial charge in [0.05, 0.1) is 16.9 Å². The molecule has 0 saturated carbocycles. The van der Waals surface area contributed by atoms with Crippen molar-refractivity contribution in [2.45, 2.75) is 19.0 Å². The number of rotatable bonds is 11. The van der Waals surface area contributed by atoms with Gasteiger partial charge in [-0.05, 0) is 43.7 Å². The van der Waals surface area contributed by atoms with E-state index in [4.69, 9.17) is 0 Å². The number of hydrogen-bond acceptors (Lipinski definition) is 8. The van der Waals surface area contributed by atoms with Gasteiger partial charge in [0.2, 0.25) is 0 Å². The average Bonchev–Trinajstić information content (AvgIpc) is 3.38. The van der Waals surface area contributed by atoms with Gasteiger partial charge in [0.25, 0.3) is 11.6 Å². The third kappa shape index (κ3) is 6.43. The molecule has 3 aromatic carbocycles. The predicted octanol–water partition coefficient (Wildman–Crippen LogP) is 4.93. The number of anilines is 1. The molecule has 0 aliphatic carbocycles. The topological polar surface area (TPSA) is 119 Å². The molecule has 0 fully saturated rings. The highest BCUT2D eigenvalue weighted by Gasteiger charge is 2.19. The zero-order valence-electron chi connectivity index (χ0n) is 21.0. The van der Waals surface area contributed by atoms with Crippen molar-refractivity contribution >= 4 is 35.3 Å². The van der Waals surface area contributed by atoms with Crippen LogP contribution in [0.1, 0.15) is 19.4 Å². The molecule has 0 unspecified atom stereocenters. The highest BCUT2D eigenvalue weighted by Crippen LogP contribution is 2.29. The Balaban J connectivity index is 1.45. The molecule has 10 nitrogen and oxygen atoms in total. The highest BCUT2D eigenvalue weighted by molar-refractivity contribution is 7.99. The third-order valence-electron chi connectivity index (χ3n) is 5.72. The third-order valence-corrected chi connectivity index (χ3v) is 6.65. The average molecular weight is 530 g/mol. The molecule has 11 heteroatoms. The number of carbonyl (C=O) groups excluding carboxylic acids is 1. The monoisotopic (exact) mass is 529 g/mol. The summed E-state index contributed by atoms with van der Waals surface area (Å²) in [4.78, 5) is 25.6. The van der Waals surface area contributed by atoms with E-state index in [1.165, 1.54) is 23.9 Å². The number of nitro benzene ring substituents is 1. The second kappa shape index (κ2) is 12.6. The summed E-state index contributed by atoms with van der Waals surface area (Å²) in [5.41, 5.74) is 5.83. The Morgan fingerprint density at radius 1 is 1.05 bits per heavy atom. The minimum atomic E-state index is -0.452. The molecule has 0 aliphatic heterocycles. The fourth-order valence-electron chi connectivity index (χ4n) is 3.82. The van der Waals surface area contributed by atoms with Gasteiger partial charge in [-0.25, -0.2) is 5.43 Å². The van der Waals surface area contributed by atoms with Crippen LogP contribution in [0.25, 0.3) is 17.1 Å². The van der Waals surface area contributed by atoms with Crippen LogP contribution in [0.15, 0.2) is 89.1 Å². The Morgan fingerprint density at radius 2 is 1.79 bits per heavy atom. The summed E-state index contributed by atoms with van der Waals surface area (Å²) in [7, 11) is 0. The Morgan fingerprint density at radius 3 is 2.47 bits per heavy atom. The number of hydrazone groups is 1. The summed E-state index contributed by atoms with van der Waals surface area (Å²) in [5, 5.41) is 24.4. The molecule has 0 atom stereocenters. The molecule has 4 rings (SSSR count). The minimum absolute atomic E-state index is 0.0424. The quantitative estimate of drug-likeness (QED) is 0.127. The Kier molecular flexibility index (Phi) is 8.83. The van der Waals surface area contributed by atoms with E-state index in [-0.39, 0.29) is 17.3 Å². The van der Waals surface area contributed by atoms with Gasteiger partial charge in [0, 0.05) is 42.2 Å².